The lowest BCUT2D eigenvalue weighted by Crippen LogP contribution is -2.35. The summed E-state index contributed by atoms with van der Waals surface area (Å²) < 4.78 is 12.9. The van der Waals surface area contributed by atoms with E-state index >= 15 is 0 Å². The first-order chi connectivity index (χ1) is 12.1. The van der Waals surface area contributed by atoms with Gasteiger partial charge in [-0.05, 0) is 43.2 Å². The molecule has 1 heterocycles. The van der Waals surface area contributed by atoms with E-state index in [0.29, 0.717) is 17.0 Å². The SMILES string of the molecule is O=C(CCNC(=O)c1cc(-c2ccc(F)cc2)n[nH]1)NC1CCCC1. The van der Waals surface area contributed by atoms with Gasteiger partial charge >= 0.3 is 0 Å². The van der Waals surface area contributed by atoms with Crippen molar-refractivity contribution in [2.24, 2.45) is 0 Å². The molecule has 3 rings (SSSR count). The molecule has 25 heavy (non-hydrogen) atoms. The van der Waals surface area contributed by atoms with Crippen molar-refractivity contribution in [2.45, 2.75) is 38.1 Å². The van der Waals surface area contributed by atoms with Gasteiger partial charge in [-0.3, -0.25) is 14.7 Å². The van der Waals surface area contributed by atoms with Crippen molar-refractivity contribution in [1.29, 1.82) is 0 Å². The van der Waals surface area contributed by atoms with Gasteiger partial charge in [-0.1, -0.05) is 12.8 Å². The van der Waals surface area contributed by atoms with Crippen LogP contribution >= 0.6 is 0 Å². The maximum atomic E-state index is 12.9. The zero-order valence-electron chi connectivity index (χ0n) is 13.8. The summed E-state index contributed by atoms with van der Waals surface area (Å²) in [4.78, 5) is 23.9. The lowest BCUT2D eigenvalue weighted by Gasteiger charge is -2.11. The third kappa shape index (κ3) is 4.65. The van der Waals surface area contributed by atoms with Crippen LogP contribution in [0, 0.1) is 5.82 Å². The van der Waals surface area contributed by atoms with Crippen molar-refractivity contribution in [3.63, 3.8) is 0 Å². The zero-order chi connectivity index (χ0) is 17.6. The van der Waals surface area contributed by atoms with Gasteiger partial charge < -0.3 is 10.6 Å². The van der Waals surface area contributed by atoms with Crippen LogP contribution in [0.5, 0.6) is 0 Å². The first-order valence-corrected chi connectivity index (χ1v) is 8.51. The fourth-order valence-electron chi connectivity index (χ4n) is 2.96. The molecule has 0 bridgehead atoms. The van der Waals surface area contributed by atoms with E-state index in [2.05, 4.69) is 20.8 Å². The maximum absolute atomic E-state index is 12.9. The Labute approximate surface area is 145 Å². The topological polar surface area (TPSA) is 86.9 Å². The fraction of sp³-hybridized carbons (Fsp3) is 0.389. The highest BCUT2D eigenvalue weighted by Gasteiger charge is 2.17. The number of rotatable bonds is 6. The number of amides is 2. The van der Waals surface area contributed by atoms with E-state index in [1.807, 2.05) is 0 Å². The van der Waals surface area contributed by atoms with Crippen LogP contribution in [0.3, 0.4) is 0 Å². The van der Waals surface area contributed by atoms with E-state index in [9.17, 15) is 14.0 Å². The molecule has 0 unspecified atom stereocenters. The summed E-state index contributed by atoms with van der Waals surface area (Å²) in [5.41, 5.74) is 1.58. The summed E-state index contributed by atoms with van der Waals surface area (Å²) in [5, 5.41) is 12.4. The smallest absolute Gasteiger partial charge is 0.269 e. The Kier molecular flexibility index (Phi) is 5.42. The van der Waals surface area contributed by atoms with Crippen molar-refractivity contribution in [1.82, 2.24) is 20.8 Å². The van der Waals surface area contributed by atoms with Gasteiger partial charge in [0.25, 0.3) is 5.91 Å². The standard InChI is InChI=1S/C18H21FN4O2/c19-13-7-5-12(6-8-13)15-11-16(23-22-15)18(25)20-10-9-17(24)21-14-3-1-2-4-14/h5-8,11,14H,1-4,9-10H2,(H,20,25)(H,21,24)(H,22,23). The van der Waals surface area contributed by atoms with Crippen LogP contribution in [0.25, 0.3) is 11.3 Å². The monoisotopic (exact) mass is 344 g/mol. The molecule has 1 aromatic carbocycles. The molecule has 2 aromatic rings. The van der Waals surface area contributed by atoms with Crippen molar-refractivity contribution in [2.75, 3.05) is 6.54 Å². The zero-order valence-corrected chi connectivity index (χ0v) is 13.8. The summed E-state index contributed by atoms with van der Waals surface area (Å²) in [6.45, 7) is 0.266. The molecular weight excluding hydrogens is 323 g/mol. The molecule has 1 fully saturated rings. The largest absolute Gasteiger partial charge is 0.353 e. The number of carbonyl (C=O) groups is 2. The van der Waals surface area contributed by atoms with Crippen LogP contribution in [-0.2, 0) is 4.79 Å². The molecule has 0 saturated heterocycles. The van der Waals surface area contributed by atoms with Gasteiger partial charge in [-0.2, -0.15) is 5.10 Å². The first kappa shape index (κ1) is 17.1. The number of carbonyl (C=O) groups excluding carboxylic acids is 2. The Bertz CT molecular complexity index is 736. The van der Waals surface area contributed by atoms with Crippen molar-refractivity contribution >= 4 is 11.8 Å². The highest BCUT2D eigenvalue weighted by molar-refractivity contribution is 5.93. The molecule has 7 heteroatoms. The summed E-state index contributed by atoms with van der Waals surface area (Å²) in [5.74, 6) is -0.688. The molecule has 0 spiro atoms. The summed E-state index contributed by atoms with van der Waals surface area (Å²) in [6.07, 6.45) is 4.66. The Morgan fingerprint density at radius 2 is 1.92 bits per heavy atom. The van der Waals surface area contributed by atoms with Gasteiger partial charge in [0.2, 0.25) is 5.91 Å². The van der Waals surface area contributed by atoms with Gasteiger partial charge in [-0.25, -0.2) is 4.39 Å². The number of hydrogen-bond acceptors (Lipinski definition) is 3. The van der Waals surface area contributed by atoms with Gasteiger partial charge in [-0.15, -0.1) is 0 Å². The number of nitrogens with zero attached hydrogens (tertiary/aromatic N) is 1. The number of nitrogens with one attached hydrogen (secondary N) is 3. The van der Waals surface area contributed by atoms with E-state index in [-0.39, 0.29) is 36.6 Å². The maximum Gasteiger partial charge on any atom is 0.269 e. The van der Waals surface area contributed by atoms with E-state index in [1.54, 1.807) is 18.2 Å². The lowest BCUT2D eigenvalue weighted by atomic mass is 10.1. The second-order valence-corrected chi connectivity index (χ2v) is 6.23. The van der Waals surface area contributed by atoms with Crippen LogP contribution in [0.4, 0.5) is 4.39 Å². The van der Waals surface area contributed by atoms with Gasteiger partial charge in [0.1, 0.15) is 11.5 Å². The van der Waals surface area contributed by atoms with Crippen LogP contribution in [0.1, 0.15) is 42.6 Å². The average Bonchev–Trinajstić information content (AvgIpc) is 3.27. The molecule has 132 valence electrons. The van der Waals surface area contributed by atoms with Crippen LogP contribution < -0.4 is 10.6 Å². The molecule has 2 amide bonds. The second-order valence-electron chi connectivity index (χ2n) is 6.23. The predicted octanol–water partition coefficient (Wildman–Crippen LogP) is 2.39. The molecule has 1 aromatic heterocycles. The average molecular weight is 344 g/mol. The van der Waals surface area contributed by atoms with Crippen LogP contribution in [0.15, 0.2) is 30.3 Å². The molecule has 0 aliphatic heterocycles. The van der Waals surface area contributed by atoms with Crippen LogP contribution in [0.2, 0.25) is 0 Å². The van der Waals surface area contributed by atoms with E-state index in [0.717, 1.165) is 25.7 Å². The van der Waals surface area contributed by atoms with E-state index < -0.39 is 0 Å². The third-order valence-electron chi connectivity index (χ3n) is 4.32. The highest BCUT2D eigenvalue weighted by Crippen LogP contribution is 2.18. The van der Waals surface area contributed by atoms with Gasteiger partial charge in [0, 0.05) is 24.6 Å². The Morgan fingerprint density at radius 3 is 2.64 bits per heavy atom. The summed E-state index contributed by atoms with van der Waals surface area (Å²) in [7, 11) is 0. The van der Waals surface area contributed by atoms with Gasteiger partial charge in [0.05, 0.1) is 5.69 Å². The van der Waals surface area contributed by atoms with Crippen molar-refractivity contribution < 1.29 is 14.0 Å². The number of aromatic amines is 1. The lowest BCUT2D eigenvalue weighted by molar-refractivity contribution is -0.121. The molecule has 1 aliphatic carbocycles. The molecule has 1 saturated carbocycles. The van der Waals surface area contributed by atoms with Gasteiger partial charge in [0.15, 0.2) is 0 Å². The summed E-state index contributed by atoms with van der Waals surface area (Å²) >= 11 is 0. The van der Waals surface area contributed by atoms with E-state index in [4.69, 9.17) is 0 Å². The quantitative estimate of drug-likeness (QED) is 0.752. The fourth-order valence-corrected chi connectivity index (χ4v) is 2.96. The first-order valence-electron chi connectivity index (χ1n) is 8.51. The number of halogens is 1. The molecular formula is C18H21FN4O2. The number of H-pyrrole nitrogens is 1. The Balaban J connectivity index is 1.47. The minimum Gasteiger partial charge on any atom is -0.353 e. The van der Waals surface area contributed by atoms with E-state index in [1.165, 1.54) is 12.1 Å². The third-order valence-corrected chi connectivity index (χ3v) is 4.32. The second kappa shape index (κ2) is 7.92. The number of benzene rings is 1. The molecule has 0 atom stereocenters. The molecule has 3 N–H and O–H groups in total. The minimum atomic E-state index is -0.326. The minimum absolute atomic E-state index is 0.0381. The predicted molar refractivity (Wildman–Crippen MR) is 91.3 cm³/mol. The Hall–Kier alpha value is -2.70. The highest BCUT2D eigenvalue weighted by atomic mass is 19.1. The molecule has 0 radical (unpaired) electrons. The number of aromatic nitrogens is 2. The molecule has 1 aliphatic rings. The number of hydrogen-bond donors (Lipinski definition) is 3. The normalized spacial score (nSPS) is 14.4. The summed E-state index contributed by atoms with van der Waals surface area (Å²) in [6, 6.07) is 7.76. The molecule has 6 nitrogen and oxygen atoms in total. The Morgan fingerprint density at radius 1 is 1.20 bits per heavy atom. The van der Waals surface area contributed by atoms with Crippen molar-refractivity contribution in [3.8, 4) is 11.3 Å². The van der Waals surface area contributed by atoms with Crippen molar-refractivity contribution in [3.05, 3.63) is 41.8 Å². The van der Waals surface area contributed by atoms with Crippen LogP contribution in [-0.4, -0.2) is 34.6 Å².